The average molecular weight is 449 g/mol. The number of hydroxylamine groups is 1. The molecule has 3 rings (SSSR count). The molecule has 1 aromatic heterocycles. The Kier molecular flexibility index (Phi) is 9.33. The van der Waals surface area contributed by atoms with Crippen LogP contribution in [0.25, 0.3) is 6.08 Å². The zero-order valence-corrected chi connectivity index (χ0v) is 19.2. The minimum Gasteiger partial charge on any atom is -0.366 e. The number of aromatic nitrogens is 1. The highest BCUT2D eigenvalue weighted by Gasteiger charge is 2.19. The van der Waals surface area contributed by atoms with Crippen LogP contribution in [0.1, 0.15) is 51.5 Å². The maximum Gasteiger partial charge on any atom is 0.267 e. The molecule has 0 aliphatic carbocycles. The molecule has 1 amide bonds. The van der Waals surface area contributed by atoms with E-state index in [1.54, 1.807) is 18.3 Å². The highest BCUT2D eigenvalue weighted by atomic mass is 35.5. The Labute approximate surface area is 189 Å². The molecule has 1 atom stereocenters. The lowest BCUT2D eigenvalue weighted by Crippen LogP contribution is -2.39. The first-order valence-electron chi connectivity index (χ1n) is 11.0. The predicted molar refractivity (Wildman–Crippen MR) is 124 cm³/mol. The van der Waals surface area contributed by atoms with Crippen molar-refractivity contribution in [1.29, 1.82) is 0 Å². The molecule has 1 aromatic rings. The van der Waals surface area contributed by atoms with E-state index in [1.807, 2.05) is 0 Å². The fourth-order valence-electron chi connectivity index (χ4n) is 3.55. The number of carbonyl (C=O) groups excluding carboxylic acids is 1. The standard InChI is InChI=1S/C23H33ClN4O3/c1-17(2)8-11-28-12-9-19(10-13-28)26-23-20(24)15-18(16-25-23)6-7-21(29)27-31-22-5-3-4-14-30-22/h6-8,15-16,19,22H,3-5,9-14H2,1-2H3,(H,25,26)(H,27,29). The monoisotopic (exact) mass is 448 g/mol. The number of nitrogens with one attached hydrogen (secondary N) is 2. The summed E-state index contributed by atoms with van der Waals surface area (Å²) in [5, 5.41) is 4.00. The SMILES string of the molecule is CC(C)=CCN1CCC(Nc2ncc(C=CC(=O)NOC3CCCCO3)cc2Cl)CC1. The van der Waals surface area contributed by atoms with Crippen LogP contribution in [0.4, 0.5) is 5.82 Å². The highest BCUT2D eigenvalue weighted by molar-refractivity contribution is 6.33. The maximum absolute atomic E-state index is 11.9. The molecule has 170 valence electrons. The van der Waals surface area contributed by atoms with Gasteiger partial charge in [0.25, 0.3) is 5.91 Å². The molecule has 7 nitrogen and oxygen atoms in total. The number of pyridine rings is 1. The van der Waals surface area contributed by atoms with Gasteiger partial charge < -0.3 is 10.1 Å². The smallest absolute Gasteiger partial charge is 0.267 e. The molecule has 1 unspecified atom stereocenters. The third-order valence-electron chi connectivity index (χ3n) is 5.40. The first kappa shape index (κ1) is 23.7. The van der Waals surface area contributed by atoms with Gasteiger partial charge in [-0.15, -0.1) is 0 Å². The molecule has 2 aliphatic rings. The summed E-state index contributed by atoms with van der Waals surface area (Å²) < 4.78 is 5.41. The van der Waals surface area contributed by atoms with Gasteiger partial charge in [-0.25, -0.2) is 15.3 Å². The summed E-state index contributed by atoms with van der Waals surface area (Å²) in [6.07, 6.45) is 11.6. The molecule has 31 heavy (non-hydrogen) atoms. The van der Waals surface area contributed by atoms with Gasteiger partial charge in [0.2, 0.25) is 0 Å². The highest BCUT2D eigenvalue weighted by Crippen LogP contribution is 2.24. The topological polar surface area (TPSA) is 75.7 Å². The van der Waals surface area contributed by atoms with E-state index in [-0.39, 0.29) is 12.2 Å². The van der Waals surface area contributed by atoms with Gasteiger partial charge in [0.15, 0.2) is 6.29 Å². The second-order valence-corrected chi connectivity index (χ2v) is 8.72. The molecule has 8 heteroatoms. The van der Waals surface area contributed by atoms with Crippen LogP contribution in [0.5, 0.6) is 0 Å². The Morgan fingerprint density at radius 2 is 2.13 bits per heavy atom. The molecule has 0 bridgehead atoms. The number of allylic oxidation sites excluding steroid dienone is 1. The Morgan fingerprint density at radius 1 is 1.32 bits per heavy atom. The average Bonchev–Trinajstić information content (AvgIpc) is 2.78. The van der Waals surface area contributed by atoms with E-state index in [0.717, 1.165) is 57.3 Å². The molecule has 2 aliphatic heterocycles. The van der Waals surface area contributed by atoms with Gasteiger partial charge in [0.05, 0.1) is 5.02 Å². The van der Waals surface area contributed by atoms with Gasteiger partial charge in [0, 0.05) is 51.0 Å². The van der Waals surface area contributed by atoms with Crippen molar-refractivity contribution in [1.82, 2.24) is 15.4 Å². The predicted octanol–water partition coefficient (Wildman–Crippen LogP) is 4.17. The van der Waals surface area contributed by atoms with Crippen molar-refractivity contribution >= 4 is 29.4 Å². The zero-order valence-electron chi connectivity index (χ0n) is 18.4. The molecule has 0 saturated carbocycles. The van der Waals surface area contributed by atoms with Crippen LogP contribution in [-0.2, 0) is 14.4 Å². The minimum atomic E-state index is -0.369. The molecule has 0 spiro atoms. The fourth-order valence-corrected chi connectivity index (χ4v) is 3.78. The molecular formula is C23H33ClN4O3. The number of halogens is 1. The van der Waals surface area contributed by atoms with Gasteiger partial charge in [0.1, 0.15) is 5.82 Å². The van der Waals surface area contributed by atoms with Crippen molar-refractivity contribution in [3.05, 3.63) is 40.6 Å². The number of hydrogen-bond donors (Lipinski definition) is 2. The van der Waals surface area contributed by atoms with E-state index in [1.165, 1.54) is 11.6 Å². The lowest BCUT2D eigenvalue weighted by Gasteiger charge is -2.32. The van der Waals surface area contributed by atoms with Crippen molar-refractivity contribution in [3.63, 3.8) is 0 Å². The number of nitrogens with zero attached hydrogens (tertiary/aromatic N) is 2. The summed E-state index contributed by atoms with van der Waals surface area (Å²) in [6.45, 7) is 8.06. The van der Waals surface area contributed by atoms with Crippen molar-refractivity contribution < 1.29 is 14.4 Å². The van der Waals surface area contributed by atoms with Crippen LogP contribution >= 0.6 is 11.6 Å². The number of amides is 1. The van der Waals surface area contributed by atoms with Crippen molar-refractivity contribution in [2.75, 3.05) is 31.6 Å². The van der Waals surface area contributed by atoms with Crippen LogP contribution in [0.3, 0.4) is 0 Å². The van der Waals surface area contributed by atoms with Gasteiger partial charge in [-0.3, -0.25) is 9.69 Å². The van der Waals surface area contributed by atoms with Crippen molar-refractivity contribution in [3.8, 4) is 0 Å². The third kappa shape index (κ3) is 8.26. The number of anilines is 1. The second kappa shape index (κ2) is 12.2. The number of hydrogen-bond acceptors (Lipinski definition) is 6. The maximum atomic E-state index is 11.9. The molecule has 2 saturated heterocycles. The van der Waals surface area contributed by atoms with E-state index in [0.29, 0.717) is 23.5 Å². The van der Waals surface area contributed by atoms with Crippen LogP contribution in [-0.4, -0.2) is 54.4 Å². The van der Waals surface area contributed by atoms with E-state index < -0.39 is 0 Å². The molecule has 3 heterocycles. The second-order valence-electron chi connectivity index (χ2n) is 8.31. The minimum absolute atomic E-state index is 0.354. The Hall–Kier alpha value is -1.93. The summed E-state index contributed by atoms with van der Waals surface area (Å²) in [5.74, 6) is 0.330. The number of rotatable bonds is 8. The molecular weight excluding hydrogens is 416 g/mol. The Morgan fingerprint density at radius 3 is 2.81 bits per heavy atom. The van der Waals surface area contributed by atoms with Gasteiger partial charge in [-0.2, -0.15) is 0 Å². The van der Waals surface area contributed by atoms with E-state index >= 15 is 0 Å². The molecule has 2 fully saturated rings. The summed E-state index contributed by atoms with van der Waals surface area (Å²) in [6, 6.07) is 2.16. The quantitative estimate of drug-likeness (QED) is 0.353. The number of piperidine rings is 1. The Balaban J connectivity index is 1.43. The number of ether oxygens (including phenoxy) is 1. The molecule has 2 N–H and O–H groups in total. The molecule has 0 radical (unpaired) electrons. The lowest BCUT2D eigenvalue weighted by atomic mass is 10.0. The number of likely N-dealkylation sites (tertiary alicyclic amines) is 1. The summed E-state index contributed by atoms with van der Waals surface area (Å²) in [7, 11) is 0. The van der Waals surface area contributed by atoms with Crippen molar-refractivity contribution in [2.24, 2.45) is 0 Å². The third-order valence-corrected chi connectivity index (χ3v) is 5.69. The zero-order chi connectivity index (χ0) is 22.1. The largest absolute Gasteiger partial charge is 0.366 e. The summed E-state index contributed by atoms with van der Waals surface area (Å²) in [4.78, 5) is 24.1. The van der Waals surface area contributed by atoms with Crippen LogP contribution in [0.15, 0.2) is 30.0 Å². The lowest BCUT2D eigenvalue weighted by molar-refractivity contribution is -0.198. The Bertz CT molecular complexity index is 781. The summed E-state index contributed by atoms with van der Waals surface area (Å²) >= 11 is 6.42. The summed E-state index contributed by atoms with van der Waals surface area (Å²) in [5.41, 5.74) is 4.50. The van der Waals surface area contributed by atoms with E-state index in [4.69, 9.17) is 21.2 Å². The first-order valence-corrected chi connectivity index (χ1v) is 11.4. The molecule has 0 aromatic carbocycles. The fraction of sp³-hybridized carbons (Fsp3) is 0.565. The van der Waals surface area contributed by atoms with Crippen molar-refractivity contribution in [2.45, 2.75) is 58.3 Å². The van der Waals surface area contributed by atoms with Gasteiger partial charge in [-0.1, -0.05) is 23.3 Å². The van der Waals surface area contributed by atoms with E-state index in [9.17, 15) is 4.79 Å². The van der Waals surface area contributed by atoms with Crippen LogP contribution in [0, 0.1) is 0 Å². The van der Waals surface area contributed by atoms with E-state index in [2.05, 4.69) is 40.6 Å². The normalized spacial score (nSPS) is 20.5. The van der Waals surface area contributed by atoms with Crippen LogP contribution < -0.4 is 10.8 Å². The number of carbonyl (C=O) groups is 1. The van der Waals surface area contributed by atoms with Crippen LogP contribution in [0.2, 0.25) is 5.02 Å². The first-order chi connectivity index (χ1) is 15.0. The van der Waals surface area contributed by atoms with Gasteiger partial charge >= 0.3 is 0 Å². The van der Waals surface area contributed by atoms with Gasteiger partial charge in [-0.05, 0) is 57.2 Å².